The van der Waals surface area contributed by atoms with Crippen molar-refractivity contribution in [2.75, 3.05) is 25.6 Å². The van der Waals surface area contributed by atoms with Gasteiger partial charge < -0.3 is 20.5 Å². The first kappa shape index (κ1) is 16.2. The Bertz CT molecular complexity index is 482. The number of methoxy groups -OCH3 is 1. The molecule has 8 heteroatoms. The van der Waals surface area contributed by atoms with Gasteiger partial charge in [-0.2, -0.15) is 0 Å². The summed E-state index contributed by atoms with van der Waals surface area (Å²) in [6.07, 6.45) is 2.62. The summed E-state index contributed by atoms with van der Waals surface area (Å²) in [6.45, 7) is 0.547. The van der Waals surface area contributed by atoms with Gasteiger partial charge in [0.25, 0.3) is 0 Å². The van der Waals surface area contributed by atoms with Crippen molar-refractivity contribution < 1.29 is 19.4 Å². The van der Waals surface area contributed by atoms with Gasteiger partial charge in [-0.15, -0.1) is 0 Å². The van der Waals surface area contributed by atoms with Gasteiger partial charge in [0.2, 0.25) is 0 Å². The van der Waals surface area contributed by atoms with Crippen LogP contribution in [0, 0.1) is 0 Å². The lowest BCUT2D eigenvalue weighted by Crippen LogP contribution is -2.29. The van der Waals surface area contributed by atoms with E-state index >= 15 is 0 Å². The number of hydrogen-bond donors (Lipinski definition) is 3. The molecule has 7 nitrogen and oxygen atoms in total. The van der Waals surface area contributed by atoms with Crippen molar-refractivity contribution in [2.45, 2.75) is 12.8 Å². The third kappa shape index (κ3) is 5.02. The summed E-state index contributed by atoms with van der Waals surface area (Å²) in [4.78, 5) is 26.6. The van der Waals surface area contributed by atoms with Crippen molar-refractivity contribution in [3.05, 3.63) is 23.0 Å². The Kier molecular flexibility index (Phi) is 6.75. The predicted molar refractivity (Wildman–Crippen MR) is 73.9 cm³/mol. The van der Waals surface area contributed by atoms with E-state index in [0.29, 0.717) is 25.1 Å². The van der Waals surface area contributed by atoms with Gasteiger partial charge >= 0.3 is 12.0 Å². The van der Waals surface area contributed by atoms with Crippen LogP contribution in [0.1, 0.15) is 23.3 Å². The summed E-state index contributed by atoms with van der Waals surface area (Å²) < 4.78 is 4.51. The van der Waals surface area contributed by atoms with Crippen LogP contribution in [-0.4, -0.2) is 42.4 Å². The number of unbranched alkanes of at least 4 members (excludes halogenated alkanes) is 1. The maximum Gasteiger partial charge on any atom is 0.358 e. The number of aliphatic hydroxyl groups excluding tert-OH is 1. The number of aromatic nitrogens is 1. The molecule has 0 radical (unpaired) electrons. The average Bonchev–Trinajstić information content (AvgIpc) is 2.43. The van der Waals surface area contributed by atoms with Crippen LogP contribution in [0.3, 0.4) is 0 Å². The number of ether oxygens (including phenoxy) is 1. The molecule has 0 unspecified atom stereocenters. The number of halogens is 1. The quantitative estimate of drug-likeness (QED) is 0.545. The largest absolute Gasteiger partial charge is 0.464 e. The molecule has 0 fully saturated rings. The number of pyridine rings is 1. The molecular weight excluding hydrogens is 286 g/mol. The molecule has 0 aliphatic heterocycles. The van der Waals surface area contributed by atoms with Crippen molar-refractivity contribution >= 4 is 29.3 Å². The van der Waals surface area contributed by atoms with Gasteiger partial charge in [0.05, 0.1) is 24.0 Å². The van der Waals surface area contributed by atoms with E-state index in [1.165, 1.54) is 19.4 Å². The minimum atomic E-state index is -0.644. The van der Waals surface area contributed by atoms with Gasteiger partial charge in [0.15, 0.2) is 5.69 Å². The van der Waals surface area contributed by atoms with Crippen LogP contribution in [0.4, 0.5) is 10.5 Å². The van der Waals surface area contributed by atoms with E-state index in [1.807, 2.05) is 0 Å². The molecule has 1 aromatic heterocycles. The molecule has 1 heterocycles. The Balaban J connectivity index is 2.54. The Morgan fingerprint density at radius 3 is 2.80 bits per heavy atom. The fourth-order valence-electron chi connectivity index (χ4n) is 1.37. The van der Waals surface area contributed by atoms with E-state index in [1.54, 1.807) is 0 Å². The number of nitrogens with one attached hydrogen (secondary N) is 2. The summed E-state index contributed by atoms with van der Waals surface area (Å²) >= 11 is 5.87. The van der Waals surface area contributed by atoms with Gasteiger partial charge in [-0.05, 0) is 18.9 Å². The third-order valence-corrected chi connectivity index (χ3v) is 2.64. The smallest absolute Gasteiger partial charge is 0.358 e. The monoisotopic (exact) mass is 301 g/mol. The molecule has 0 atom stereocenters. The van der Waals surface area contributed by atoms with Crippen LogP contribution in [0.15, 0.2) is 12.3 Å². The first-order chi connectivity index (χ1) is 9.58. The van der Waals surface area contributed by atoms with Crippen molar-refractivity contribution in [1.29, 1.82) is 0 Å². The van der Waals surface area contributed by atoms with Crippen LogP contribution in [-0.2, 0) is 4.74 Å². The number of rotatable bonds is 6. The number of nitrogens with zero attached hydrogens (tertiary/aromatic N) is 1. The third-order valence-electron chi connectivity index (χ3n) is 2.35. The summed E-state index contributed by atoms with van der Waals surface area (Å²) in [5, 5.41) is 13.8. The summed E-state index contributed by atoms with van der Waals surface area (Å²) in [6, 6.07) is 1.00. The molecule has 110 valence electrons. The van der Waals surface area contributed by atoms with E-state index in [-0.39, 0.29) is 17.3 Å². The lowest BCUT2D eigenvalue weighted by molar-refractivity contribution is 0.0594. The molecule has 1 rings (SSSR count). The number of anilines is 1. The molecule has 20 heavy (non-hydrogen) atoms. The highest BCUT2D eigenvalue weighted by Crippen LogP contribution is 2.18. The van der Waals surface area contributed by atoms with Gasteiger partial charge in [-0.3, -0.25) is 0 Å². The van der Waals surface area contributed by atoms with Crippen LogP contribution in [0.25, 0.3) is 0 Å². The molecule has 0 aromatic carbocycles. The minimum absolute atomic E-state index is 0.0110. The molecule has 0 spiro atoms. The van der Waals surface area contributed by atoms with Gasteiger partial charge in [-0.1, -0.05) is 11.6 Å². The van der Waals surface area contributed by atoms with Crippen LogP contribution >= 0.6 is 11.6 Å². The molecule has 0 aliphatic rings. The normalized spacial score (nSPS) is 9.95. The van der Waals surface area contributed by atoms with Gasteiger partial charge in [0.1, 0.15) is 0 Å². The number of amides is 2. The molecule has 0 saturated heterocycles. The van der Waals surface area contributed by atoms with E-state index in [4.69, 9.17) is 16.7 Å². The fourth-order valence-corrected chi connectivity index (χ4v) is 1.61. The van der Waals surface area contributed by atoms with Crippen molar-refractivity contribution in [1.82, 2.24) is 10.3 Å². The number of esters is 1. The van der Waals surface area contributed by atoms with E-state index in [9.17, 15) is 9.59 Å². The predicted octanol–water partition coefficient (Wildman–Crippen LogP) is 1.42. The second-order valence-electron chi connectivity index (χ2n) is 3.86. The lowest BCUT2D eigenvalue weighted by Gasteiger charge is -2.08. The van der Waals surface area contributed by atoms with Crippen LogP contribution < -0.4 is 10.6 Å². The number of urea groups is 1. The molecule has 0 saturated carbocycles. The lowest BCUT2D eigenvalue weighted by atomic mass is 10.3. The number of carbonyl (C=O) groups excluding carboxylic acids is 2. The Labute approximate surface area is 121 Å². The minimum Gasteiger partial charge on any atom is -0.464 e. The SMILES string of the molecule is COC(=O)c1ncc(NC(=O)NCCCCO)cc1Cl. The number of carbonyl (C=O) groups is 2. The Morgan fingerprint density at radius 1 is 1.45 bits per heavy atom. The fraction of sp³-hybridized carbons (Fsp3) is 0.417. The second-order valence-corrected chi connectivity index (χ2v) is 4.26. The highest BCUT2D eigenvalue weighted by molar-refractivity contribution is 6.33. The summed E-state index contributed by atoms with van der Waals surface area (Å²) in [5.41, 5.74) is 0.352. The van der Waals surface area contributed by atoms with Crippen LogP contribution in [0.5, 0.6) is 0 Å². The molecule has 0 aliphatic carbocycles. The topological polar surface area (TPSA) is 101 Å². The zero-order chi connectivity index (χ0) is 15.0. The molecular formula is C12H16ClN3O4. The van der Waals surface area contributed by atoms with Crippen molar-refractivity contribution in [2.24, 2.45) is 0 Å². The van der Waals surface area contributed by atoms with E-state index < -0.39 is 12.0 Å². The Hall–Kier alpha value is -1.86. The molecule has 0 bridgehead atoms. The zero-order valence-corrected chi connectivity index (χ0v) is 11.7. The zero-order valence-electron chi connectivity index (χ0n) is 11.0. The first-order valence-corrected chi connectivity index (χ1v) is 6.36. The summed E-state index contributed by atoms with van der Waals surface area (Å²) in [5.74, 6) is -0.644. The first-order valence-electron chi connectivity index (χ1n) is 5.98. The number of hydrogen-bond acceptors (Lipinski definition) is 5. The van der Waals surface area contributed by atoms with Crippen molar-refractivity contribution in [3.8, 4) is 0 Å². The van der Waals surface area contributed by atoms with Crippen molar-refractivity contribution in [3.63, 3.8) is 0 Å². The van der Waals surface area contributed by atoms with Gasteiger partial charge in [0, 0.05) is 13.2 Å². The molecule has 3 N–H and O–H groups in total. The standard InChI is InChI=1S/C12H16ClN3O4/c1-20-11(18)10-9(13)6-8(7-15-10)16-12(19)14-4-2-3-5-17/h6-7,17H,2-5H2,1H3,(H2,14,16,19). The average molecular weight is 302 g/mol. The van der Waals surface area contributed by atoms with Gasteiger partial charge in [-0.25, -0.2) is 14.6 Å². The maximum absolute atomic E-state index is 11.5. The second kappa shape index (κ2) is 8.34. The maximum atomic E-state index is 11.5. The number of aliphatic hydroxyl groups is 1. The summed E-state index contributed by atoms with van der Waals surface area (Å²) in [7, 11) is 1.23. The molecule has 1 aromatic rings. The highest BCUT2D eigenvalue weighted by Gasteiger charge is 2.13. The van der Waals surface area contributed by atoms with Crippen LogP contribution in [0.2, 0.25) is 5.02 Å². The molecule has 2 amide bonds. The van der Waals surface area contributed by atoms with E-state index in [0.717, 1.165) is 0 Å². The highest BCUT2D eigenvalue weighted by atomic mass is 35.5. The van der Waals surface area contributed by atoms with E-state index in [2.05, 4.69) is 20.4 Å². The Morgan fingerprint density at radius 2 is 2.20 bits per heavy atom.